The van der Waals surface area contributed by atoms with E-state index in [0.717, 1.165) is 22.2 Å². The summed E-state index contributed by atoms with van der Waals surface area (Å²) in [4.78, 5) is 19.8. The molecule has 0 spiro atoms. The molecule has 0 saturated carbocycles. The zero-order chi connectivity index (χ0) is 23.4. The predicted molar refractivity (Wildman–Crippen MR) is 124 cm³/mol. The van der Waals surface area contributed by atoms with Crippen molar-refractivity contribution in [1.82, 2.24) is 14.5 Å². The van der Waals surface area contributed by atoms with Crippen molar-refractivity contribution in [1.29, 1.82) is 0 Å². The molecule has 4 aromatic rings. The largest absolute Gasteiger partial charge is 0.494 e. The number of fused-ring (bicyclic) bond motifs is 1. The maximum atomic E-state index is 11.6. The Morgan fingerprint density at radius 1 is 1.09 bits per heavy atom. The van der Waals surface area contributed by atoms with Crippen molar-refractivity contribution >= 4 is 28.1 Å². The summed E-state index contributed by atoms with van der Waals surface area (Å²) in [6, 6.07) is 12.7. The Kier molecular flexibility index (Phi) is 6.36. The highest BCUT2D eigenvalue weighted by Gasteiger charge is 2.21. The Hall–Kier alpha value is -4.18. The fourth-order valence-electron chi connectivity index (χ4n) is 3.57. The zero-order valence-corrected chi connectivity index (χ0v) is 18.4. The zero-order valence-electron chi connectivity index (χ0n) is 18.4. The number of para-hydroxylation sites is 1. The lowest BCUT2D eigenvalue weighted by atomic mass is 10.1. The quantitative estimate of drug-likeness (QED) is 0.228. The van der Waals surface area contributed by atoms with Crippen molar-refractivity contribution in [3.05, 3.63) is 65.1 Å². The van der Waals surface area contributed by atoms with Crippen molar-refractivity contribution in [2.45, 2.75) is 0 Å². The van der Waals surface area contributed by atoms with E-state index in [4.69, 9.17) is 14.2 Å². The second-order valence-electron chi connectivity index (χ2n) is 7.20. The van der Waals surface area contributed by atoms with Gasteiger partial charge < -0.3 is 24.1 Å². The van der Waals surface area contributed by atoms with E-state index in [9.17, 15) is 10.1 Å². The summed E-state index contributed by atoms with van der Waals surface area (Å²) in [5.41, 5.74) is 2.95. The van der Waals surface area contributed by atoms with Gasteiger partial charge in [0, 0.05) is 55.0 Å². The predicted octanol–water partition coefficient (Wildman–Crippen LogP) is 4.32. The van der Waals surface area contributed by atoms with Crippen LogP contribution in [0.15, 0.2) is 55.0 Å². The van der Waals surface area contributed by atoms with Crippen LogP contribution in [0.4, 0.5) is 17.2 Å². The summed E-state index contributed by atoms with van der Waals surface area (Å²) in [5.74, 6) is 0.936. The Bertz CT molecular complexity index is 1300. The number of anilines is 2. The molecule has 0 unspecified atom stereocenters. The number of aryl methyl sites for hydroxylation is 1. The molecule has 0 bridgehead atoms. The third-order valence-electron chi connectivity index (χ3n) is 5.13. The van der Waals surface area contributed by atoms with E-state index in [1.807, 2.05) is 42.1 Å². The lowest BCUT2D eigenvalue weighted by molar-refractivity contribution is -0.385. The molecule has 0 saturated heterocycles. The molecule has 0 atom stereocenters. The van der Waals surface area contributed by atoms with Gasteiger partial charge in [-0.3, -0.25) is 10.1 Å². The van der Waals surface area contributed by atoms with Gasteiger partial charge in [-0.1, -0.05) is 18.2 Å². The minimum absolute atomic E-state index is 0.0959. The first-order chi connectivity index (χ1) is 16.0. The van der Waals surface area contributed by atoms with Gasteiger partial charge in [0.1, 0.15) is 24.5 Å². The van der Waals surface area contributed by atoms with E-state index in [-0.39, 0.29) is 18.0 Å². The average Bonchev–Trinajstić information content (AvgIpc) is 3.16. The van der Waals surface area contributed by atoms with Gasteiger partial charge in [0.15, 0.2) is 0 Å². The highest BCUT2D eigenvalue weighted by Crippen LogP contribution is 2.39. The lowest BCUT2D eigenvalue weighted by Gasteiger charge is -2.14. The Morgan fingerprint density at radius 3 is 2.67 bits per heavy atom. The molecule has 0 amide bonds. The normalized spacial score (nSPS) is 10.9. The number of nitro benzene ring substituents is 1. The summed E-state index contributed by atoms with van der Waals surface area (Å²) >= 11 is 0. The summed E-state index contributed by atoms with van der Waals surface area (Å²) < 4.78 is 17.9. The number of nitro groups is 1. The number of rotatable bonds is 9. The molecule has 2 aromatic heterocycles. The number of aromatic nitrogens is 3. The van der Waals surface area contributed by atoms with Gasteiger partial charge in [-0.05, 0) is 6.07 Å². The number of ether oxygens (including phenoxy) is 3. The molecule has 2 heterocycles. The monoisotopic (exact) mass is 449 g/mol. The Labute approximate surface area is 189 Å². The van der Waals surface area contributed by atoms with Crippen LogP contribution in [0.1, 0.15) is 0 Å². The summed E-state index contributed by atoms with van der Waals surface area (Å²) in [6.45, 7) is 0.477. The Balaban J connectivity index is 1.69. The molecule has 0 aliphatic rings. The molecular formula is C23H23N5O5. The van der Waals surface area contributed by atoms with Gasteiger partial charge in [0.05, 0.1) is 30.0 Å². The standard InChI is InChI=1S/C23H23N5O5/c1-27-13-16(15-6-4-5-7-19(15)27)17-11-23(25-14-24-17)26-18-10-20(28(29)30)22(12-21(18)32-3)33-9-8-31-2/h4-7,10-14H,8-9H2,1-3H3,(H,24,25,26). The van der Waals surface area contributed by atoms with Gasteiger partial charge in [-0.15, -0.1) is 0 Å². The fourth-order valence-corrected chi connectivity index (χ4v) is 3.57. The molecule has 170 valence electrons. The third kappa shape index (κ3) is 4.55. The van der Waals surface area contributed by atoms with Crippen LogP contribution in [0.2, 0.25) is 0 Å². The highest BCUT2D eigenvalue weighted by molar-refractivity contribution is 5.95. The smallest absolute Gasteiger partial charge is 0.313 e. The van der Waals surface area contributed by atoms with Crippen LogP contribution in [0.3, 0.4) is 0 Å². The molecule has 0 aliphatic heterocycles. The molecular weight excluding hydrogens is 426 g/mol. The van der Waals surface area contributed by atoms with E-state index in [1.54, 1.807) is 6.07 Å². The van der Waals surface area contributed by atoms with Gasteiger partial charge >= 0.3 is 5.69 Å². The van der Waals surface area contributed by atoms with Crippen molar-refractivity contribution < 1.29 is 19.1 Å². The maximum Gasteiger partial charge on any atom is 0.313 e. The number of nitrogens with zero attached hydrogens (tertiary/aromatic N) is 4. The van der Waals surface area contributed by atoms with Crippen molar-refractivity contribution in [2.24, 2.45) is 7.05 Å². The van der Waals surface area contributed by atoms with Gasteiger partial charge in [0.25, 0.3) is 0 Å². The summed E-state index contributed by atoms with van der Waals surface area (Å²) in [7, 11) is 4.98. The van der Waals surface area contributed by atoms with E-state index in [0.29, 0.717) is 23.9 Å². The second-order valence-corrected chi connectivity index (χ2v) is 7.20. The number of hydrogen-bond donors (Lipinski definition) is 1. The van der Waals surface area contributed by atoms with E-state index < -0.39 is 4.92 Å². The first-order valence-corrected chi connectivity index (χ1v) is 10.1. The van der Waals surface area contributed by atoms with E-state index >= 15 is 0 Å². The molecule has 0 radical (unpaired) electrons. The Morgan fingerprint density at radius 2 is 1.91 bits per heavy atom. The van der Waals surface area contributed by atoms with Crippen molar-refractivity contribution in [3.63, 3.8) is 0 Å². The molecule has 0 fully saturated rings. The minimum atomic E-state index is -0.506. The van der Waals surface area contributed by atoms with Crippen LogP contribution in [0.5, 0.6) is 11.5 Å². The van der Waals surface area contributed by atoms with Crippen LogP contribution in [0.25, 0.3) is 22.2 Å². The minimum Gasteiger partial charge on any atom is -0.494 e. The molecule has 0 aliphatic carbocycles. The first-order valence-electron chi connectivity index (χ1n) is 10.1. The molecule has 2 aromatic carbocycles. The van der Waals surface area contributed by atoms with E-state index in [2.05, 4.69) is 15.3 Å². The summed E-state index contributed by atoms with van der Waals surface area (Å²) in [5, 5.41) is 15.8. The SMILES string of the molecule is COCCOc1cc(OC)c(Nc2cc(-c3cn(C)c4ccccc34)ncn2)cc1[N+](=O)[O-]. The highest BCUT2D eigenvalue weighted by atomic mass is 16.6. The number of nitrogens with one attached hydrogen (secondary N) is 1. The van der Waals surface area contributed by atoms with E-state index in [1.165, 1.54) is 32.7 Å². The first kappa shape index (κ1) is 22.0. The third-order valence-corrected chi connectivity index (χ3v) is 5.13. The topological polar surface area (TPSA) is 114 Å². The van der Waals surface area contributed by atoms with Gasteiger partial charge in [0.2, 0.25) is 5.75 Å². The number of hydrogen-bond acceptors (Lipinski definition) is 8. The van der Waals surface area contributed by atoms with Gasteiger partial charge in [-0.2, -0.15) is 0 Å². The van der Waals surface area contributed by atoms with Gasteiger partial charge in [-0.25, -0.2) is 9.97 Å². The lowest BCUT2D eigenvalue weighted by Crippen LogP contribution is -2.07. The molecule has 10 heteroatoms. The van der Waals surface area contributed by atoms with Crippen LogP contribution in [-0.4, -0.2) is 46.9 Å². The molecule has 1 N–H and O–H groups in total. The molecule has 4 rings (SSSR count). The van der Waals surface area contributed by atoms with Crippen LogP contribution < -0.4 is 14.8 Å². The molecule has 33 heavy (non-hydrogen) atoms. The van der Waals surface area contributed by atoms with Crippen LogP contribution in [0, 0.1) is 10.1 Å². The fraction of sp³-hybridized carbons (Fsp3) is 0.217. The maximum absolute atomic E-state index is 11.6. The average molecular weight is 449 g/mol. The van der Waals surface area contributed by atoms with Crippen LogP contribution in [-0.2, 0) is 11.8 Å². The number of methoxy groups -OCH3 is 2. The second kappa shape index (κ2) is 9.53. The number of benzene rings is 2. The van der Waals surface area contributed by atoms with Crippen LogP contribution >= 0.6 is 0 Å². The summed E-state index contributed by atoms with van der Waals surface area (Å²) in [6.07, 6.45) is 3.46. The molecule has 10 nitrogen and oxygen atoms in total. The van der Waals surface area contributed by atoms with Crippen molar-refractivity contribution in [3.8, 4) is 22.8 Å². The van der Waals surface area contributed by atoms with Crippen molar-refractivity contribution in [2.75, 3.05) is 32.8 Å².